The first-order chi connectivity index (χ1) is 16.5. The van der Waals surface area contributed by atoms with Crippen molar-refractivity contribution in [2.45, 2.75) is 19.8 Å². The molecule has 1 saturated heterocycles. The maximum atomic E-state index is 13.3. The van der Waals surface area contributed by atoms with E-state index in [4.69, 9.17) is 26.2 Å². The topological polar surface area (TPSA) is 93.0 Å². The van der Waals surface area contributed by atoms with Gasteiger partial charge in [-0.2, -0.15) is 0 Å². The zero-order chi connectivity index (χ0) is 23.9. The highest BCUT2D eigenvalue weighted by Gasteiger charge is 2.17. The van der Waals surface area contributed by atoms with Gasteiger partial charge >= 0.3 is 0 Å². The number of amides is 1. The molecule has 34 heavy (non-hydrogen) atoms. The minimum atomic E-state index is -0.462. The average molecular weight is 486 g/mol. The van der Waals surface area contributed by atoms with Crippen molar-refractivity contribution in [3.05, 3.63) is 80.6 Å². The number of aliphatic hydroxyl groups is 1. The largest absolute Gasteiger partial charge is 0.394 e. The molecule has 1 aliphatic heterocycles. The van der Waals surface area contributed by atoms with E-state index in [1.54, 1.807) is 16.7 Å². The number of morpholine rings is 1. The molecule has 0 spiro atoms. The van der Waals surface area contributed by atoms with E-state index < -0.39 is 5.91 Å². The van der Waals surface area contributed by atoms with Crippen LogP contribution in [0.25, 0.3) is 10.9 Å². The van der Waals surface area contributed by atoms with Crippen LogP contribution in [0.1, 0.15) is 21.5 Å². The first-order valence-corrected chi connectivity index (χ1v) is 11.6. The molecule has 0 atom stereocenters. The smallest absolute Gasteiger partial charge is 0.257 e. The maximum absolute atomic E-state index is 13.3. The van der Waals surface area contributed by atoms with Gasteiger partial charge in [0.15, 0.2) is 0 Å². The van der Waals surface area contributed by atoms with Crippen LogP contribution < -0.4 is 10.7 Å². The summed E-state index contributed by atoms with van der Waals surface area (Å²) < 4.78 is 12.6. The highest BCUT2D eigenvalue weighted by molar-refractivity contribution is 6.30. The van der Waals surface area contributed by atoms with Crippen LogP contribution >= 0.6 is 11.6 Å². The third kappa shape index (κ3) is 6.02. The summed E-state index contributed by atoms with van der Waals surface area (Å²) in [5.41, 5.74) is 2.25. The predicted octanol–water partition coefficient (Wildman–Crippen LogP) is 2.38. The summed E-state index contributed by atoms with van der Waals surface area (Å²) >= 11 is 5.92. The third-order valence-corrected chi connectivity index (χ3v) is 5.98. The molecule has 0 saturated carbocycles. The molecule has 9 heteroatoms. The number of pyridine rings is 1. The molecule has 2 heterocycles. The number of aliphatic hydroxyl groups excluding tert-OH is 1. The van der Waals surface area contributed by atoms with Gasteiger partial charge in [0.05, 0.1) is 31.9 Å². The molecule has 3 aromatic rings. The summed E-state index contributed by atoms with van der Waals surface area (Å²) in [6.45, 7) is 4.18. The molecule has 180 valence electrons. The Hall–Kier alpha value is -2.75. The zero-order valence-electron chi connectivity index (χ0n) is 18.8. The Morgan fingerprint density at radius 3 is 2.59 bits per heavy atom. The Morgan fingerprint density at radius 2 is 1.85 bits per heavy atom. The Kier molecular flexibility index (Phi) is 8.31. The predicted molar refractivity (Wildman–Crippen MR) is 130 cm³/mol. The SMILES string of the molecule is O=C(NCc1ccc(Cl)cc1)c1cn(COCCO)c2ccc(CN3CCOCC3)cc2c1=O. The van der Waals surface area contributed by atoms with Gasteiger partial charge in [0, 0.05) is 42.8 Å². The van der Waals surface area contributed by atoms with Crippen LogP contribution in [0, 0.1) is 0 Å². The number of hydrogen-bond donors (Lipinski definition) is 2. The normalized spacial score (nSPS) is 14.4. The maximum Gasteiger partial charge on any atom is 0.257 e. The van der Waals surface area contributed by atoms with Gasteiger partial charge in [-0.3, -0.25) is 14.5 Å². The van der Waals surface area contributed by atoms with Crippen LogP contribution in [0.3, 0.4) is 0 Å². The van der Waals surface area contributed by atoms with E-state index in [1.165, 1.54) is 6.20 Å². The number of fused-ring (bicyclic) bond motifs is 1. The van der Waals surface area contributed by atoms with E-state index in [1.807, 2.05) is 30.3 Å². The number of carbonyl (C=O) groups excluding carboxylic acids is 1. The molecule has 1 aliphatic rings. The van der Waals surface area contributed by atoms with E-state index in [0.29, 0.717) is 35.7 Å². The monoisotopic (exact) mass is 485 g/mol. The van der Waals surface area contributed by atoms with Crippen molar-refractivity contribution in [2.24, 2.45) is 0 Å². The quantitative estimate of drug-likeness (QED) is 0.452. The van der Waals surface area contributed by atoms with Crippen LogP contribution in [0.5, 0.6) is 0 Å². The van der Waals surface area contributed by atoms with Crippen molar-refractivity contribution in [3.63, 3.8) is 0 Å². The van der Waals surface area contributed by atoms with Crippen molar-refractivity contribution >= 4 is 28.4 Å². The second kappa shape index (κ2) is 11.6. The lowest BCUT2D eigenvalue weighted by Crippen LogP contribution is -2.35. The second-order valence-corrected chi connectivity index (χ2v) is 8.59. The first-order valence-electron chi connectivity index (χ1n) is 11.2. The summed E-state index contributed by atoms with van der Waals surface area (Å²) in [6, 6.07) is 12.9. The van der Waals surface area contributed by atoms with Gasteiger partial charge in [-0.15, -0.1) is 0 Å². The van der Waals surface area contributed by atoms with E-state index in [9.17, 15) is 9.59 Å². The summed E-state index contributed by atoms with van der Waals surface area (Å²) in [6.07, 6.45) is 1.51. The highest BCUT2D eigenvalue weighted by Crippen LogP contribution is 2.17. The third-order valence-electron chi connectivity index (χ3n) is 5.73. The van der Waals surface area contributed by atoms with E-state index in [2.05, 4.69) is 10.2 Å². The van der Waals surface area contributed by atoms with Crippen molar-refractivity contribution in [1.29, 1.82) is 0 Å². The van der Waals surface area contributed by atoms with Crippen molar-refractivity contribution in [2.75, 3.05) is 39.5 Å². The van der Waals surface area contributed by atoms with Gasteiger partial charge in [0.25, 0.3) is 5.91 Å². The van der Waals surface area contributed by atoms with Gasteiger partial charge in [-0.1, -0.05) is 29.8 Å². The molecular formula is C25H28ClN3O5. The van der Waals surface area contributed by atoms with Gasteiger partial charge in [-0.25, -0.2) is 0 Å². The fraction of sp³-hybridized carbons (Fsp3) is 0.360. The molecule has 0 radical (unpaired) electrons. The molecule has 2 aromatic carbocycles. The zero-order valence-corrected chi connectivity index (χ0v) is 19.6. The van der Waals surface area contributed by atoms with E-state index >= 15 is 0 Å². The molecule has 0 aliphatic carbocycles. The van der Waals surface area contributed by atoms with Crippen molar-refractivity contribution in [1.82, 2.24) is 14.8 Å². The molecule has 0 bridgehead atoms. The van der Waals surface area contributed by atoms with Crippen molar-refractivity contribution in [3.8, 4) is 0 Å². The summed E-state index contributed by atoms with van der Waals surface area (Å²) in [4.78, 5) is 28.6. The standard InChI is InChI=1S/C25H28ClN3O5/c26-20-4-1-18(2-5-20)14-27-25(32)22-16-29(17-34-12-9-30)23-6-3-19(13-21(23)24(22)31)15-28-7-10-33-11-8-28/h1-6,13,16,30H,7-12,14-15,17H2,(H,27,32). The number of nitrogens with one attached hydrogen (secondary N) is 1. The van der Waals surface area contributed by atoms with Crippen molar-refractivity contribution < 1.29 is 19.4 Å². The molecular weight excluding hydrogens is 458 g/mol. The first kappa shape index (κ1) is 24.4. The highest BCUT2D eigenvalue weighted by atomic mass is 35.5. The molecule has 1 amide bonds. The lowest BCUT2D eigenvalue weighted by atomic mass is 10.1. The van der Waals surface area contributed by atoms with Crippen LogP contribution in [0.15, 0.2) is 53.5 Å². The average Bonchev–Trinajstić information content (AvgIpc) is 2.86. The number of carbonyl (C=O) groups is 1. The minimum Gasteiger partial charge on any atom is -0.394 e. The number of aromatic nitrogens is 1. The lowest BCUT2D eigenvalue weighted by Gasteiger charge is -2.26. The summed E-state index contributed by atoms with van der Waals surface area (Å²) in [5.74, 6) is -0.462. The second-order valence-electron chi connectivity index (χ2n) is 8.15. The van der Waals surface area contributed by atoms with Gasteiger partial charge in [-0.05, 0) is 35.4 Å². The molecule has 1 aromatic heterocycles. The van der Waals surface area contributed by atoms with Crippen LogP contribution in [-0.2, 0) is 29.3 Å². The molecule has 0 unspecified atom stereocenters. The molecule has 4 rings (SSSR count). The summed E-state index contributed by atoms with van der Waals surface area (Å²) in [7, 11) is 0. The number of halogens is 1. The Balaban J connectivity index is 1.63. The Bertz CT molecular complexity index is 1190. The van der Waals surface area contributed by atoms with E-state index in [-0.39, 0.29) is 37.5 Å². The molecule has 2 N–H and O–H groups in total. The molecule has 1 fully saturated rings. The van der Waals surface area contributed by atoms with Gasteiger partial charge in [0.2, 0.25) is 5.43 Å². The van der Waals surface area contributed by atoms with Gasteiger partial charge in [0.1, 0.15) is 12.3 Å². The van der Waals surface area contributed by atoms with Gasteiger partial charge < -0.3 is 24.5 Å². The van der Waals surface area contributed by atoms with Crippen LogP contribution in [-0.4, -0.2) is 60.0 Å². The minimum absolute atomic E-state index is 0.0394. The Labute approximate surface area is 202 Å². The summed E-state index contributed by atoms with van der Waals surface area (Å²) in [5, 5.41) is 12.9. The molecule has 8 nitrogen and oxygen atoms in total. The van der Waals surface area contributed by atoms with E-state index in [0.717, 1.165) is 24.2 Å². The van der Waals surface area contributed by atoms with Crippen LogP contribution in [0.2, 0.25) is 5.02 Å². The number of nitrogens with zero attached hydrogens (tertiary/aromatic N) is 2. The fourth-order valence-corrected chi connectivity index (χ4v) is 4.06. The lowest BCUT2D eigenvalue weighted by molar-refractivity contribution is 0.0342. The number of ether oxygens (including phenoxy) is 2. The van der Waals surface area contributed by atoms with Crippen LogP contribution in [0.4, 0.5) is 0 Å². The Morgan fingerprint density at radius 1 is 1.12 bits per heavy atom. The number of rotatable bonds is 9. The number of hydrogen-bond acceptors (Lipinski definition) is 6. The fourth-order valence-electron chi connectivity index (χ4n) is 3.94. The number of benzene rings is 2.